The summed E-state index contributed by atoms with van der Waals surface area (Å²) < 4.78 is 6.80. The zero-order valence-corrected chi connectivity index (χ0v) is 16.6. The monoisotopic (exact) mass is 411 g/mol. The van der Waals surface area contributed by atoms with Gasteiger partial charge in [-0.05, 0) is 42.6 Å². The summed E-state index contributed by atoms with van der Waals surface area (Å²) >= 11 is 2.67. The molecule has 0 aliphatic carbocycles. The van der Waals surface area contributed by atoms with E-state index >= 15 is 0 Å². The van der Waals surface area contributed by atoms with Gasteiger partial charge in [0.1, 0.15) is 10.6 Å². The minimum atomic E-state index is -0.436. The van der Waals surface area contributed by atoms with Gasteiger partial charge in [-0.2, -0.15) is 0 Å². The summed E-state index contributed by atoms with van der Waals surface area (Å²) in [6.07, 6.45) is 1.57. The van der Waals surface area contributed by atoms with E-state index in [0.29, 0.717) is 27.7 Å². The van der Waals surface area contributed by atoms with Gasteiger partial charge in [-0.25, -0.2) is 4.98 Å². The van der Waals surface area contributed by atoms with Gasteiger partial charge in [0.2, 0.25) is 5.91 Å². The van der Waals surface area contributed by atoms with Crippen LogP contribution in [0.15, 0.2) is 74.5 Å². The molecule has 1 aromatic carbocycles. The topological polar surface area (TPSA) is 77.1 Å². The van der Waals surface area contributed by atoms with Crippen LogP contribution in [0.5, 0.6) is 0 Å². The Morgan fingerprint density at radius 3 is 2.82 bits per heavy atom. The third-order valence-corrected chi connectivity index (χ3v) is 6.01. The third kappa shape index (κ3) is 3.74. The van der Waals surface area contributed by atoms with E-state index in [1.807, 2.05) is 35.7 Å². The van der Waals surface area contributed by atoms with E-state index in [4.69, 9.17) is 4.42 Å². The first-order valence-corrected chi connectivity index (χ1v) is 10.4. The molecular weight excluding hydrogens is 394 g/mol. The van der Waals surface area contributed by atoms with E-state index in [2.05, 4.69) is 10.3 Å². The van der Waals surface area contributed by atoms with Crippen molar-refractivity contribution in [1.29, 1.82) is 0 Å². The van der Waals surface area contributed by atoms with E-state index in [1.54, 1.807) is 36.0 Å². The number of benzene rings is 1. The molecule has 6 nitrogen and oxygen atoms in total. The first kappa shape index (κ1) is 18.5. The van der Waals surface area contributed by atoms with Crippen LogP contribution >= 0.6 is 23.1 Å². The number of para-hydroxylation sites is 1. The molecule has 1 unspecified atom stereocenters. The highest BCUT2D eigenvalue weighted by Gasteiger charge is 2.20. The van der Waals surface area contributed by atoms with Crippen molar-refractivity contribution in [2.45, 2.75) is 23.9 Å². The fourth-order valence-corrected chi connectivity index (χ4v) is 4.48. The molecule has 142 valence electrons. The van der Waals surface area contributed by atoms with Crippen LogP contribution in [0, 0.1) is 0 Å². The van der Waals surface area contributed by atoms with Gasteiger partial charge in [0.15, 0.2) is 5.16 Å². The second-order valence-electron chi connectivity index (χ2n) is 6.07. The molecule has 3 aromatic heterocycles. The molecule has 0 aliphatic heterocycles. The highest BCUT2D eigenvalue weighted by atomic mass is 32.2. The van der Waals surface area contributed by atoms with Crippen LogP contribution in [0.25, 0.3) is 15.9 Å². The van der Waals surface area contributed by atoms with E-state index in [-0.39, 0.29) is 11.5 Å². The Balaban J connectivity index is 1.64. The molecule has 1 N–H and O–H groups in total. The number of aromatic nitrogens is 2. The molecule has 0 saturated carbocycles. The largest absolute Gasteiger partial charge is 0.467 e. The van der Waals surface area contributed by atoms with Gasteiger partial charge in [-0.15, -0.1) is 11.3 Å². The zero-order chi connectivity index (χ0) is 19.5. The standard InChI is InChI=1S/C20H17N3O3S2/c1-13(17(24)21-12-15-8-5-10-26-15)28-20-22-18-16(9-11-27-18)19(25)23(20)14-6-3-2-4-7-14/h2-11,13H,12H2,1H3,(H,21,24). The Kier molecular flexibility index (Phi) is 5.31. The number of rotatable bonds is 6. The average molecular weight is 412 g/mol. The highest BCUT2D eigenvalue weighted by molar-refractivity contribution is 8.00. The van der Waals surface area contributed by atoms with E-state index in [0.717, 1.165) is 5.69 Å². The molecule has 0 saturated heterocycles. The molecule has 0 radical (unpaired) electrons. The summed E-state index contributed by atoms with van der Waals surface area (Å²) in [6, 6.07) is 14.7. The van der Waals surface area contributed by atoms with Gasteiger partial charge in [-0.3, -0.25) is 14.2 Å². The Hall–Kier alpha value is -2.84. The normalized spacial score (nSPS) is 12.2. The molecule has 0 spiro atoms. The van der Waals surface area contributed by atoms with Gasteiger partial charge in [0.05, 0.1) is 29.1 Å². The predicted octanol–water partition coefficient (Wildman–Crippen LogP) is 3.84. The van der Waals surface area contributed by atoms with Crippen molar-refractivity contribution in [1.82, 2.24) is 14.9 Å². The molecule has 4 aromatic rings. The molecule has 1 atom stereocenters. The number of hydrogen-bond donors (Lipinski definition) is 1. The third-order valence-electron chi connectivity index (χ3n) is 4.15. The van der Waals surface area contributed by atoms with Crippen LogP contribution in [0.4, 0.5) is 0 Å². The number of amides is 1. The summed E-state index contributed by atoms with van der Waals surface area (Å²) in [5.41, 5.74) is 0.585. The summed E-state index contributed by atoms with van der Waals surface area (Å²) in [4.78, 5) is 30.9. The summed E-state index contributed by atoms with van der Waals surface area (Å²) in [5, 5.41) is 5.33. The van der Waals surface area contributed by atoms with Crippen molar-refractivity contribution in [3.8, 4) is 5.69 Å². The predicted molar refractivity (Wildman–Crippen MR) is 111 cm³/mol. The van der Waals surface area contributed by atoms with Crippen LogP contribution < -0.4 is 10.9 Å². The van der Waals surface area contributed by atoms with Crippen molar-refractivity contribution in [3.05, 3.63) is 76.3 Å². The number of nitrogens with one attached hydrogen (secondary N) is 1. The van der Waals surface area contributed by atoms with Crippen molar-refractivity contribution < 1.29 is 9.21 Å². The summed E-state index contributed by atoms with van der Waals surface area (Å²) in [5.74, 6) is 0.534. The number of thioether (sulfide) groups is 1. The minimum absolute atomic E-state index is 0.136. The van der Waals surface area contributed by atoms with Crippen molar-refractivity contribution >= 4 is 39.2 Å². The molecule has 1 amide bonds. The quantitative estimate of drug-likeness (QED) is 0.385. The van der Waals surface area contributed by atoms with Crippen LogP contribution in [0.2, 0.25) is 0 Å². The lowest BCUT2D eigenvalue weighted by Crippen LogP contribution is -2.31. The van der Waals surface area contributed by atoms with Crippen molar-refractivity contribution in [2.75, 3.05) is 0 Å². The van der Waals surface area contributed by atoms with Gasteiger partial charge >= 0.3 is 0 Å². The lowest BCUT2D eigenvalue weighted by molar-refractivity contribution is -0.120. The Bertz CT molecular complexity index is 1150. The molecule has 3 heterocycles. The average Bonchev–Trinajstić information content (AvgIpc) is 3.39. The number of furan rings is 1. The van der Waals surface area contributed by atoms with Crippen LogP contribution in [-0.2, 0) is 11.3 Å². The van der Waals surface area contributed by atoms with Gasteiger partial charge in [-0.1, -0.05) is 30.0 Å². The van der Waals surface area contributed by atoms with Crippen LogP contribution in [0.1, 0.15) is 12.7 Å². The Morgan fingerprint density at radius 1 is 1.25 bits per heavy atom. The molecule has 8 heteroatoms. The SMILES string of the molecule is CC(Sc1nc2sccc2c(=O)n1-c1ccccc1)C(=O)NCc1ccco1. The lowest BCUT2D eigenvalue weighted by atomic mass is 10.3. The fraction of sp³-hybridized carbons (Fsp3) is 0.150. The first-order valence-electron chi connectivity index (χ1n) is 8.66. The number of nitrogens with zero attached hydrogens (tertiary/aromatic N) is 2. The zero-order valence-electron chi connectivity index (χ0n) is 15.0. The molecule has 0 fully saturated rings. The summed E-state index contributed by atoms with van der Waals surface area (Å²) in [7, 11) is 0. The Labute approximate surface area is 169 Å². The maximum atomic E-state index is 13.0. The van der Waals surface area contributed by atoms with Crippen molar-refractivity contribution in [2.24, 2.45) is 0 Å². The number of thiophene rings is 1. The number of fused-ring (bicyclic) bond motifs is 1. The van der Waals surface area contributed by atoms with E-state index < -0.39 is 5.25 Å². The molecule has 28 heavy (non-hydrogen) atoms. The fourth-order valence-electron chi connectivity index (χ4n) is 2.72. The minimum Gasteiger partial charge on any atom is -0.467 e. The summed E-state index contributed by atoms with van der Waals surface area (Å²) in [6.45, 7) is 2.11. The molecule has 4 rings (SSSR count). The van der Waals surface area contributed by atoms with Gasteiger partial charge in [0.25, 0.3) is 5.56 Å². The van der Waals surface area contributed by atoms with E-state index in [9.17, 15) is 9.59 Å². The number of hydrogen-bond acceptors (Lipinski definition) is 6. The van der Waals surface area contributed by atoms with E-state index in [1.165, 1.54) is 23.1 Å². The van der Waals surface area contributed by atoms with Crippen LogP contribution in [-0.4, -0.2) is 20.7 Å². The lowest BCUT2D eigenvalue weighted by Gasteiger charge is -2.15. The highest BCUT2D eigenvalue weighted by Crippen LogP contribution is 2.26. The smallest absolute Gasteiger partial charge is 0.267 e. The van der Waals surface area contributed by atoms with Crippen LogP contribution in [0.3, 0.4) is 0 Å². The van der Waals surface area contributed by atoms with Gasteiger partial charge in [0, 0.05) is 0 Å². The maximum absolute atomic E-state index is 13.0. The molecule has 0 aliphatic rings. The maximum Gasteiger partial charge on any atom is 0.267 e. The Morgan fingerprint density at radius 2 is 2.07 bits per heavy atom. The first-order chi connectivity index (χ1) is 13.6. The number of carbonyl (C=O) groups is 1. The molecular formula is C20H17N3O3S2. The molecule has 0 bridgehead atoms. The number of carbonyl (C=O) groups excluding carboxylic acids is 1. The second-order valence-corrected chi connectivity index (χ2v) is 8.27. The second kappa shape index (κ2) is 8.04. The van der Waals surface area contributed by atoms with Crippen molar-refractivity contribution in [3.63, 3.8) is 0 Å². The van der Waals surface area contributed by atoms with Gasteiger partial charge < -0.3 is 9.73 Å².